The Morgan fingerprint density at radius 1 is 1.25 bits per heavy atom. The Hall–Kier alpha value is -1.10. The molecule has 0 heterocycles. The van der Waals surface area contributed by atoms with E-state index in [-0.39, 0.29) is 11.8 Å². The minimum absolute atomic E-state index is 0.290. The van der Waals surface area contributed by atoms with Gasteiger partial charge in [0.15, 0.2) is 11.9 Å². The number of esters is 1. The summed E-state index contributed by atoms with van der Waals surface area (Å²) in [7, 11) is 0. The Morgan fingerprint density at radius 2 is 1.75 bits per heavy atom. The summed E-state index contributed by atoms with van der Waals surface area (Å²) in [4.78, 5) is 33.3. The number of hydrogen-bond donors (Lipinski definition) is 1. The maximum atomic E-state index is 11.7. The number of Topliss-reactive ketones (excluding diaryl/α,β-unsaturated/α-hetero) is 1. The lowest BCUT2D eigenvalue weighted by Gasteiger charge is -2.21. The maximum absolute atomic E-state index is 11.7. The number of carboxylic acid groups (broad SMARTS) is 1. The van der Waals surface area contributed by atoms with Gasteiger partial charge in [-0.2, -0.15) is 0 Å². The third-order valence-corrected chi connectivity index (χ3v) is 2.27. The zero-order valence-electron chi connectivity index (χ0n) is 9.40. The molecular weight excluding hydrogens is 236 g/mol. The molecule has 92 valence electrons. The van der Waals surface area contributed by atoms with Crippen molar-refractivity contribution in [2.75, 3.05) is 5.88 Å². The van der Waals surface area contributed by atoms with Crippen molar-refractivity contribution in [2.45, 2.75) is 26.9 Å². The Bertz CT molecular complexity index is 287. The van der Waals surface area contributed by atoms with Crippen LogP contribution in [0, 0.1) is 11.8 Å². The number of aliphatic carboxylic acids is 1. The van der Waals surface area contributed by atoms with Crippen LogP contribution in [0.15, 0.2) is 0 Å². The molecule has 5 nitrogen and oxygen atoms in total. The second-order valence-electron chi connectivity index (χ2n) is 3.75. The lowest BCUT2D eigenvalue weighted by molar-refractivity contribution is -0.160. The second kappa shape index (κ2) is 6.48. The third kappa shape index (κ3) is 4.18. The molecule has 2 atom stereocenters. The summed E-state index contributed by atoms with van der Waals surface area (Å²) < 4.78 is 4.81. The molecule has 1 N–H and O–H groups in total. The first-order chi connectivity index (χ1) is 7.31. The third-order valence-electron chi connectivity index (χ3n) is 2.05. The van der Waals surface area contributed by atoms with Crippen LogP contribution in [0.2, 0.25) is 0 Å². The molecule has 0 bridgehead atoms. The zero-order valence-corrected chi connectivity index (χ0v) is 10.2. The summed E-state index contributed by atoms with van der Waals surface area (Å²) >= 11 is 5.25. The molecule has 0 aliphatic heterocycles. The quantitative estimate of drug-likeness (QED) is 0.433. The molecule has 0 saturated carbocycles. The van der Waals surface area contributed by atoms with Gasteiger partial charge in [0.1, 0.15) is 11.8 Å². The molecule has 0 unspecified atom stereocenters. The summed E-state index contributed by atoms with van der Waals surface area (Å²) in [5.41, 5.74) is 0. The van der Waals surface area contributed by atoms with Crippen molar-refractivity contribution in [2.24, 2.45) is 11.8 Å². The molecule has 0 radical (unpaired) electrons. The fourth-order valence-corrected chi connectivity index (χ4v) is 1.13. The zero-order chi connectivity index (χ0) is 12.9. The van der Waals surface area contributed by atoms with Gasteiger partial charge in [0.05, 0.1) is 0 Å². The van der Waals surface area contributed by atoms with Crippen molar-refractivity contribution in [3.8, 4) is 0 Å². The minimum atomic E-state index is -1.24. The first-order valence-electron chi connectivity index (χ1n) is 4.83. The van der Waals surface area contributed by atoms with Gasteiger partial charge in [0.25, 0.3) is 0 Å². The van der Waals surface area contributed by atoms with E-state index in [0.717, 1.165) is 0 Å². The van der Waals surface area contributed by atoms with Crippen molar-refractivity contribution in [3.63, 3.8) is 0 Å². The van der Waals surface area contributed by atoms with Gasteiger partial charge in [-0.3, -0.25) is 14.4 Å². The number of halogens is 1. The monoisotopic (exact) mass is 250 g/mol. The highest BCUT2D eigenvalue weighted by Crippen LogP contribution is 2.14. The number of rotatable bonds is 6. The average Bonchev–Trinajstić information content (AvgIpc) is 2.22. The molecule has 0 aromatic carbocycles. The first-order valence-corrected chi connectivity index (χ1v) is 5.36. The van der Waals surface area contributed by atoms with Gasteiger partial charge in [0, 0.05) is 0 Å². The van der Waals surface area contributed by atoms with Gasteiger partial charge >= 0.3 is 11.9 Å². The van der Waals surface area contributed by atoms with Gasteiger partial charge in [0.2, 0.25) is 0 Å². The smallest absolute Gasteiger partial charge is 0.321 e. The molecule has 0 aliphatic rings. The van der Waals surface area contributed by atoms with E-state index < -0.39 is 29.7 Å². The van der Waals surface area contributed by atoms with Crippen LogP contribution in [-0.2, 0) is 19.1 Å². The van der Waals surface area contributed by atoms with Crippen LogP contribution in [-0.4, -0.2) is 34.8 Å². The summed E-state index contributed by atoms with van der Waals surface area (Å²) in [6.07, 6.45) is -1.06. The molecule has 0 rings (SSSR count). The molecule has 0 spiro atoms. The number of ketones is 1. The van der Waals surface area contributed by atoms with Crippen molar-refractivity contribution in [1.82, 2.24) is 0 Å². The fourth-order valence-electron chi connectivity index (χ4n) is 1.06. The number of alkyl halides is 1. The first kappa shape index (κ1) is 14.9. The van der Waals surface area contributed by atoms with Crippen LogP contribution in [0.25, 0.3) is 0 Å². The van der Waals surface area contributed by atoms with Crippen LogP contribution >= 0.6 is 11.6 Å². The number of carbonyl (C=O) groups is 3. The Balaban J connectivity index is 4.72. The van der Waals surface area contributed by atoms with Crippen LogP contribution in [0.1, 0.15) is 20.8 Å². The summed E-state index contributed by atoms with van der Waals surface area (Å²) in [6, 6.07) is 0. The molecule has 6 heteroatoms. The number of hydrogen-bond acceptors (Lipinski definition) is 4. The molecular formula is C10H15ClO5. The molecule has 0 aromatic heterocycles. The highest BCUT2D eigenvalue weighted by Gasteiger charge is 2.33. The standard InChI is InChI=1S/C10H15ClO5/c1-5(2)9(16-7(12)4-11)8(13)6(3)10(14)15/h5-6,9H,4H2,1-3H3,(H,14,15)/t6-,9-/m0/s1. The summed E-state index contributed by atoms with van der Waals surface area (Å²) in [5.74, 6) is -4.44. The second-order valence-corrected chi connectivity index (χ2v) is 4.02. The summed E-state index contributed by atoms with van der Waals surface area (Å²) in [6.45, 7) is 4.59. The lowest BCUT2D eigenvalue weighted by Crippen LogP contribution is -2.38. The van der Waals surface area contributed by atoms with Crippen molar-refractivity contribution in [1.29, 1.82) is 0 Å². The fraction of sp³-hybridized carbons (Fsp3) is 0.700. The van der Waals surface area contributed by atoms with E-state index in [1.54, 1.807) is 13.8 Å². The number of carbonyl (C=O) groups excluding carboxylic acids is 2. The molecule has 0 aliphatic carbocycles. The molecule has 0 aromatic rings. The Morgan fingerprint density at radius 3 is 2.06 bits per heavy atom. The van der Waals surface area contributed by atoms with E-state index in [9.17, 15) is 14.4 Å². The van der Waals surface area contributed by atoms with Crippen LogP contribution in [0.3, 0.4) is 0 Å². The SMILES string of the molecule is CC(C)[C@H](OC(=O)CCl)C(=O)[C@H](C)C(=O)O. The Labute approximate surface area is 98.7 Å². The predicted octanol–water partition coefficient (Wildman–Crippen LogP) is 1.08. The largest absolute Gasteiger partial charge is 0.481 e. The van der Waals surface area contributed by atoms with E-state index >= 15 is 0 Å². The Kier molecular flexibility index (Phi) is 6.03. The van der Waals surface area contributed by atoms with Crippen LogP contribution in [0.5, 0.6) is 0 Å². The van der Waals surface area contributed by atoms with Crippen molar-refractivity contribution in [3.05, 3.63) is 0 Å². The average molecular weight is 251 g/mol. The summed E-state index contributed by atoms with van der Waals surface area (Å²) in [5, 5.41) is 8.69. The van der Waals surface area contributed by atoms with E-state index in [2.05, 4.69) is 0 Å². The van der Waals surface area contributed by atoms with Crippen LogP contribution in [0.4, 0.5) is 0 Å². The lowest BCUT2D eigenvalue weighted by atomic mass is 9.94. The van der Waals surface area contributed by atoms with E-state index in [1.165, 1.54) is 6.92 Å². The molecule has 0 amide bonds. The predicted molar refractivity (Wildman–Crippen MR) is 57.2 cm³/mol. The van der Waals surface area contributed by atoms with Crippen molar-refractivity contribution < 1.29 is 24.2 Å². The van der Waals surface area contributed by atoms with E-state index in [0.29, 0.717) is 0 Å². The minimum Gasteiger partial charge on any atom is -0.481 e. The van der Waals surface area contributed by atoms with Crippen molar-refractivity contribution >= 4 is 29.3 Å². The van der Waals surface area contributed by atoms with Gasteiger partial charge < -0.3 is 9.84 Å². The molecule has 0 fully saturated rings. The maximum Gasteiger partial charge on any atom is 0.321 e. The van der Waals surface area contributed by atoms with Crippen LogP contribution < -0.4 is 0 Å². The highest BCUT2D eigenvalue weighted by atomic mass is 35.5. The highest BCUT2D eigenvalue weighted by molar-refractivity contribution is 6.26. The molecule has 16 heavy (non-hydrogen) atoms. The molecule has 0 saturated heterocycles. The van der Waals surface area contributed by atoms with Gasteiger partial charge in [-0.1, -0.05) is 13.8 Å². The topological polar surface area (TPSA) is 80.7 Å². The van der Waals surface area contributed by atoms with E-state index in [4.69, 9.17) is 21.4 Å². The normalized spacial score (nSPS) is 14.3. The van der Waals surface area contributed by atoms with Gasteiger partial charge in [-0.15, -0.1) is 11.6 Å². The van der Waals surface area contributed by atoms with Gasteiger partial charge in [-0.25, -0.2) is 0 Å². The van der Waals surface area contributed by atoms with E-state index in [1.807, 2.05) is 0 Å². The van der Waals surface area contributed by atoms with Gasteiger partial charge in [-0.05, 0) is 12.8 Å². The number of ether oxygens (including phenoxy) is 1. The number of carboxylic acids is 1.